The number of halogens is 3. The van der Waals surface area contributed by atoms with E-state index in [9.17, 15) is 18.0 Å². The molecule has 2 aromatic heterocycles. The molecule has 0 aliphatic rings. The lowest BCUT2D eigenvalue weighted by Crippen LogP contribution is -2.24. The van der Waals surface area contributed by atoms with Crippen LogP contribution in [0.1, 0.15) is 24.0 Å². The summed E-state index contributed by atoms with van der Waals surface area (Å²) in [6.07, 6.45) is -2.19. The number of methoxy groups -OCH3 is 1. The molecule has 0 fully saturated rings. The highest BCUT2D eigenvalue weighted by molar-refractivity contribution is 5.85. The van der Waals surface area contributed by atoms with Gasteiger partial charge in [-0.2, -0.15) is 13.2 Å². The molecule has 0 atom stereocenters. The van der Waals surface area contributed by atoms with Crippen LogP contribution in [0.15, 0.2) is 54.9 Å². The minimum absolute atomic E-state index is 0.0637. The van der Waals surface area contributed by atoms with Crippen molar-refractivity contribution in [1.82, 2.24) is 24.8 Å². The maximum absolute atomic E-state index is 12.8. The number of alkyl halides is 3. The first-order valence-electron chi connectivity index (χ1n) is 11.9. The molecule has 4 rings (SSSR count). The van der Waals surface area contributed by atoms with Crippen molar-refractivity contribution >= 4 is 23.1 Å². The highest BCUT2D eigenvalue weighted by Gasteiger charge is 2.30. The fourth-order valence-corrected chi connectivity index (χ4v) is 3.86. The number of ether oxygens (including phenoxy) is 2. The fraction of sp³-hybridized carbons (Fsp3) is 0.308. The predicted molar refractivity (Wildman–Crippen MR) is 136 cm³/mol. The zero-order valence-corrected chi connectivity index (χ0v) is 20.9. The van der Waals surface area contributed by atoms with Crippen molar-refractivity contribution in [1.29, 1.82) is 0 Å². The van der Waals surface area contributed by atoms with Gasteiger partial charge in [0.25, 0.3) is 0 Å². The molecule has 2 heterocycles. The molecule has 0 bridgehead atoms. The average Bonchev–Trinajstić information content (AvgIpc) is 3.33. The van der Waals surface area contributed by atoms with E-state index >= 15 is 0 Å². The quantitative estimate of drug-likeness (QED) is 0.270. The number of unbranched alkanes of at least 4 members (excludes halogenated alkanes) is 1. The normalized spacial score (nSPS) is 11.4. The number of carbonyl (C=O) groups is 1. The van der Waals surface area contributed by atoms with Crippen LogP contribution in [0.2, 0.25) is 0 Å². The first-order valence-corrected chi connectivity index (χ1v) is 11.9. The molecule has 0 aliphatic heterocycles. The van der Waals surface area contributed by atoms with Crippen LogP contribution >= 0.6 is 0 Å². The van der Waals surface area contributed by atoms with Gasteiger partial charge in [-0.15, -0.1) is 0 Å². The summed E-state index contributed by atoms with van der Waals surface area (Å²) in [6.45, 7) is 0.674. The van der Waals surface area contributed by atoms with Crippen molar-refractivity contribution in [3.8, 4) is 17.1 Å². The molecule has 12 heteroatoms. The second-order valence-corrected chi connectivity index (χ2v) is 8.35. The van der Waals surface area contributed by atoms with Gasteiger partial charge in [-0.3, -0.25) is 0 Å². The summed E-state index contributed by atoms with van der Waals surface area (Å²) in [4.78, 5) is 25.7. The lowest BCUT2D eigenvalue weighted by molar-refractivity contribution is -0.137. The van der Waals surface area contributed by atoms with Gasteiger partial charge in [0.15, 0.2) is 17.3 Å². The van der Waals surface area contributed by atoms with E-state index in [1.807, 2.05) is 28.8 Å². The van der Waals surface area contributed by atoms with Gasteiger partial charge in [0.1, 0.15) is 11.3 Å². The molecule has 4 aromatic rings. The van der Waals surface area contributed by atoms with Crippen molar-refractivity contribution in [2.24, 2.45) is 0 Å². The number of aryl methyl sites for hydroxylation is 1. The Morgan fingerprint density at radius 3 is 2.66 bits per heavy atom. The molecule has 0 saturated carbocycles. The summed E-state index contributed by atoms with van der Waals surface area (Å²) in [6, 6.07) is 12.3. The van der Waals surface area contributed by atoms with Gasteiger partial charge < -0.3 is 24.7 Å². The molecule has 38 heavy (non-hydrogen) atoms. The molecular formula is C26H27F3N6O3. The third kappa shape index (κ3) is 6.31. The van der Waals surface area contributed by atoms with E-state index in [1.54, 1.807) is 20.5 Å². The lowest BCUT2D eigenvalue weighted by atomic mass is 10.1. The van der Waals surface area contributed by atoms with Crippen LogP contribution in [0.4, 0.5) is 23.8 Å². The summed E-state index contributed by atoms with van der Waals surface area (Å²) in [7, 11) is 3.36. The highest BCUT2D eigenvalue weighted by Crippen LogP contribution is 2.31. The number of hydrogen-bond donors (Lipinski definition) is 2. The number of nitrogens with one attached hydrogen (secondary N) is 2. The summed E-state index contributed by atoms with van der Waals surface area (Å²) in [5, 5.41) is 5.54. The zero-order chi connectivity index (χ0) is 27.1. The molecular weight excluding hydrogens is 501 g/mol. The Balaban J connectivity index is 1.31. The van der Waals surface area contributed by atoms with E-state index in [0.29, 0.717) is 53.5 Å². The van der Waals surface area contributed by atoms with Crippen molar-refractivity contribution in [3.05, 3.63) is 66.0 Å². The number of nitrogens with zero attached hydrogens (tertiary/aromatic N) is 4. The minimum Gasteiger partial charge on any atom is -0.496 e. The van der Waals surface area contributed by atoms with Gasteiger partial charge in [0, 0.05) is 20.1 Å². The molecule has 0 spiro atoms. The van der Waals surface area contributed by atoms with E-state index in [4.69, 9.17) is 14.5 Å². The maximum atomic E-state index is 12.8. The Labute approximate surface area is 217 Å². The summed E-state index contributed by atoms with van der Waals surface area (Å²) in [5.41, 5.74) is 1.62. The summed E-state index contributed by atoms with van der Waals surface area (Å²) < 4.78 is 51.0. The van der Waals surface area contributed by atoms with Crippen LogP contribution in [0, 0.1) is 0 Å². The Morgan fingerprint density at radius 2 is 1.89 bits per heavy atom. The molecule has 0 aliphatic carbocycles. The van der Waals surface area contributed by atoms with Gasteiger partial charge in [-0.05, 0) is 42.7 Å². The van der Waals surface area contributed by atoms with E-state index in [-0.39, 0.29) is 13.2 Å². The van der Waals surface area contributed by atoms with Crippen LogP contribution in [0.5, 0.6) is 5.75 Å². The van der Waals surface area contributed by atoms with E-state index in [2.05, 4.69) is 20.6 Å². The molecule has 2 aromatic carbocycles. The number of imidazole rings is 1. The maximum Gasteiger partial charge on any atom is 0.416 e. The molecule has 0 unspecified atom stereocenters. The Kier molecular flexibility index (Phi) is 8.29. The Bertz CT molecular complexity index is 1410. The first-order chi connectivity index (χ1) is 18.3. The van der Waals surface area contributed by atoms with Gasteiger partial charge in [0.2, 0.25) is 0 Å². The smallest absolute Gasteiger partial charge is 0.416 e. The van der Waals surface area contributed by atoms with E-state index in [1.165, 1.54) is 12.1 Å². The predicted octanol–water partition coefficient (Wildman–Crippen LogP) is 5.27. The van der Waals surface area contributed by atoms with Crippen LogP contribution < -0.4 is 15.4 Å². The number of aromatic nitrogens is 4. The van der Waals surface area contributed by atoms with Gasteiger partial charge in [-0.1, -0.05) is 24.3 Å². The molecule has 2 N–H and O–H groups in total. The van der Waals surface area contributed by atoms with Crippen molar-refractivity contribution in [2.75, 3.05) is 26.1 Å². The molecule has 0 radical (unpaired) electrons. The number of amides is 1. The zero-order valence-electron chi connectivity index (χ0n) is 20.9. The second-order valence-electron chi connectivity index (χ2n) is 8.35. The number of rotatable bonds is 10. The monoisotopic (exact) mass is 528 g/mol. The average molecular weight is 529 g/mol. The Hall–Kier alpha value is -4.35. The fourth-order valence-electron chi connectivity index (χ4n) is 3.86. The molecule has 1 amide bonds. The standard InChI is InChI=1S/C26H27F3N6O3/c1-30-23-21-24(34-22(33-23)19-10-3-4-11-20(19)37-2)35(16-32-21)12-5-6-13-38-25(36)31-15-17-8-7-9-18(14-17)26(27,28)29/h3-4,7-11,14,16H,5-6,12-13,15H2,1-2H3,(H,31,36)(H,30,33,34). The SMILES string of the molecule is CNc1nc(-c2ccccc2OC)nc2c1ncn2CCCCOC(=O)NCc1cccc(C(F)(F)F)c1. The summed E-state index contributed by atoms with van der Waals surface area (Å²) in [5.74, 6) is 1.75. The van der Waals surface area contributed by atoms with Crippen LogP contribution in [0.3, 0.4) is 0 Å². The van der Waals surface area contributed by atoms with Crippen molar-refractivity contribution in [3.63, 3.8) is 0 Å². The van der Waals surface area contributed by atoms with Gasteiger partial charge >= 0.3 is 12.3 Å². The molecule has 9 nitrogen and oxygen atoms in total. The van der Waals surface area contributed by atoms with Gasteiger partial charge in [-0.25, -0.2) is 19.7 Å². The third-order valence-electron chi connectivity index (χ3n) is 5.77. The molecule has 200 valence electrons. The third-order valence-corrected chi connectivity index (χ3v) is 5.77. The number of para-hydroxylation sites is 1. The van der Waals surface area contributed by atoms with E-state index in [0.717, 1.165) is 17.7 Å². The largest absolute Gasteiger partial charge is 0.496 e. The minimum atomic E-state index is -4.44. The first kappa shape index (κ1) is 26.7. The second kappa shape index (κ2) is 11.8. The highest BCUT2D eigenvalue weighted by atomic mass is 19.4. The Morgan fingerprint density at radius 1 is 1.08 bits per heavy atom. The number of alkyl carbamates (subject to hydrolysis) is 1. The summed E-state index contributed by atoms with van der Waals surface area (Å²) >= 11 is 0. The van der Waals surface area contributed by atoms with E-state index < -0.39 is 17.8 Å². The lowest BCUT2D eigenvalue weighted by Gasteiger charge is -2.11. The van der Waals surface area contributed by atoms with Gasteiger partial charge in [0.05, 0.1) is 31.2 Å². The number of anilines is 1. The topological polar surface area (TPSA) is 103 Å². The van der Waals surface area contributed by atoms with Crippen LogP contribution in [-0.4, -0.2) is 46.4 Å². The van der Waals surface area contributed by atoms with Crippen molar-refractivity contribution < 1.29 is 27.4 Å². The van der Waals surface area contributed by atoms with Crippen molar-refractivity contribution in [2.45, 2.75) is 32.1 Å². The number of benzene rings is 2. The number of hydrogen-bond acceptors (Lipinski definition) is 7. The number of carbonyl (C=O) groups excluding carboxylic acids is 1. The molecule has 0 saturated heterocycles. The number of fused-ring (bicyclic) bond motifs is 1. The van der Waals surface area contributed by atoms with Crippen LogP contribution in [0.25, 0.3) is 22.6 Å². The van der Waals surface area contributed by atoms with Crippen LogP contribution in [-0.2, 0) is 24.0 Å².